The fraction of sp³-hybridized carbons (Fsp3) is 0.552. The van der Waals surface area contributed by atoms with Crippen molar-refractivity contribution in [2.24, 2.45) is 5.92 Å². The number of aromatic nitrogens is 2. The summed E-state index contributed by atoms with van der Waals surface area (Å²) in [6.07, 6.45) is 9.15. The Bertz CT molecular complexity index is 1210. The van der Waals surface area contributed by atoms with Gasteiger partial charge in [-0.15, -0.1) is 0 Å². The Labute approximate surface area is 206 Å². The highest BCUT2D eigenvalue weighted by atomic mass is 19.1. The van der Waals surface area contributed by atoms with Gasteiger partial charge < -0.3 is 9.72 Å². The van der Waals surface area contributed by atoms with Crippen LogP contribution in [0.2, 0.25) is 0 Å². The first kappa shape index (κ1) is 21.8. The number of fused-ring (bicyclic) bond motifs is 4. The second-order valence-electron chi connectivity index (χ2n) is 11.4. The minimum atomic E-state index is -0.246. The Balaban J connectivity index is 1.19. The molecule has 2 aliphatic heterocycles. The van der Waals surface area contributed by atoms with Gasteiger partial charge in [0.2, 0.25) is 0 Å². The highest BCUT2D eigenvalue weighted by Crippen LogP contribution is 2.60. The number of rotatable bonds is 7. The summed E-state index contributed by atoms with van der Waals surface area (Å²) in [5.41, 5.74) is 5.46. The molecule has 2 aromatic heterocycles. The molecule has 8 rings (SSSR count). The van der Waals surface area contributed by atoms with E-state index in [9.17, 15) is 4.39 Å². The molecule has 3 aliphatic carbocycles. The van der Waals surface area contributed by atoms with E-state index in [1.807, 2.05) is 6.20 Å². The van der Waals surface area contributed by atoms with Crippen LogP contribution >= 0.6 is 0 Å². The maximum atomic E-state index is 12.4. The van der Waals surface area contributed by atoms with Crippen LogP contribution in [-0.4, -0.2) is 63.8 Å². The summed E-state index contributed by atoms with van der Waals surface area (Å²) in [6.45, 7) is 4.74. The van der Waals surface area contributed by atoms with Gasteiger partial charge in [0, 0.05) is 47.8 Å². The number of H-pyrrole nitrogens is 1. The quantitative estimate of drug-likeness (QED) is 0.507. The molecule has 4 fully saturated rings. The largest absolute Gasteiger partial charge is 0.486 e. The standard InChI is InChI=1S/C29H35FN4O/c1-19-13-24-23-5-2-3-6-25(23)32-27(24)28(34(19)29-10-9-20(14-29)15-29)26-8-7-21(16-31-26)35-22-17-33(18-22)12-4-11-30/h2-3,5-8,16,19-20,22,28,32H,4,9-15,17-18H2,1H3/t19-,20?,28-,29?/m1/s1. The average Bonchev–Trinajstić information content (AvgIpc) is 3.53. The van der Waals surface area contributed by atoms with E-state index in [4.69, 9.17) is 9.72 Å². The lowest BCUT2D eigenvalue weighted by Crippen LogP contribution is -2.59. The first-order valence-electron chi connectivity index (χ1n) is 13.4. The second kappa shape index (κ2) is 8.31. The number of likely N-dealkylation sites (tertiary alicyclic amines) is 1. The van der Waals surface area contributed by atoms with Crippen LogP contribution in [0.1, 0.15) is 62.0 Å². The second-order valence-corrected chi connectivity index (χ2v) is 11.4. The molecule has 1 N–H and O–H groups in total. The van der Waals surface area contributed by atoms with Crippen molar-refractivity contribution in [2.45, 2.75) is 69.2 Å². The van der Waals surface area contributed by atoms with Crippen molar-refractivity contribution >= 4 is 10.9 Å². The molecule has 6 heteroatoms. The number of halogens is 1. The van der Waals surface area contributed by atoms with E-state index in [2.05, 4.69) is 58.1 Å². The van der Waals surface area contributed by atoms with Crippen molar-refractivity contribution in [1.29, 1.82) is 0 Å². The maximum Gasteiger partial charge on any atom is 0.138 e. The molecule has 1 aromatic carbocycles. The molecule has 0 unspecified atom stereocenters. The highest BCUT2D eigenvalue weighted by Gasteiger charge is 2.58. The van der Waals surface area contributed by atoms with E-state index >= 15 is 0 Å². The van der Waals surface area contributed by atoms with Gasteiger partial charge in [0.15, 0.2) is 0 Å². The molecule has 2 atom stereocenters. The van der Waals surface area contributed by atoms with Gasteiger partial charge in [-0.05, 0) is 75.1 Å². The summed E-state index contributed by atoms with van der Waals surface area (Å²) in [4.78, 5) is 13.9. The first-order valence-corrected chi connectivity index (χ1v) is 13.4. The zero-order valence-electron chi connectivity index (χ0n) is 20.5. The molecular formula is C29H35FN4O. The van der Waals surface area contributed by atoms with Crippen LogP contribution in [-0.2, 0) is 6.42 Å². The van der Waals surface area contributed by atoms with Crippen LogP contribution in [0.3, 0.4) is 0 Å². The SMILES string of the molecule is C[C@@H]1Cc2c([nH]c3ccccc23)[C@@H](c2ccc(OC3CN(CCCF)C3)cn2)N1C12CCC(C1)C2. The minimum Gasteiger partial charge on any atom is -0.486 e. The number of nitrogens with one attached hydrogen (secondary N) is 1. The van der Waals surface area contributed by atoms with Crippen molar-refractivity contribution in [2.75, 3.05) is 26.3 Å². The molecule has 1 saturated heterocycles. The maximum absolute atomic E-state index is 12.4. The van der Waals surface area contributed by atoms with Crippen LogP contribution in [0, 0.1) is 5.92 Å². The Morgan fingerprint density at radius 2 is 2.03 bits per heavy atom. The van der Waals surface area contributed by atoms with Gasteiger partial charge in [0.1, 0.15) is 11.9 Å². The summed E-state index contributed by atoms with van der Waals surface area (Å²) in [5.74, 6) is 1.75. The number of aromatic amines is 1. The van der Waals surface area contributed by atoms with Crippen molar-refractivity contribution in [3.8, 4) is 5.75 Å². The number of pyridine rings is 1. The van der Waals surface area contributed by atoms with Gasteiger partial charge in [0.25, 0.3) is 0 Å². The fourth-order valence-electron chi connectivity index (χ4n) is 7.61. The highest BCUT2D eigenvalue weighted by molar-refractivity contribution is 5.85. The van der Waals surface area contributed by atoms with Crippen LogP contribution in [0.25, 0.3) is 10.9 Å². The third-order valence-corrected chi connectivity index (χ3v) is 9.15. The molecule has 5 aliphatic rings. The number of para-hydroxylation sites is 1. The zero-order chi connectivity index (χ0) is 23.6. The Morgan fingerprint density at radius 3 is 2.77 bits per heavy atom. The van der Waals surface area contributed by atoms with Crippen LogP contribution in [0.5, 0.6) is 5.75 Å². The third-order valence-electron chi connectivity index (χ3n) is 9.15. The fourth-order valence-corrected chi connectivity index (χ4v) is 7.61. The zero-order valence-corrected chi connectivity index (χ0v) is 20.5. The van der Waals surface area contributed by atoms with E-state index in [-0.39, 0.29) is 18.8 Å². The Kier molecular flexibility index (Phi) is 5.18. The summed E-state index contributed by atoms with van der Waals surface area (Å²) in [6, 6.07) is 13.6. The monoisotopic (exact) mass is 474 g/mol. The van der Waals surface area contributed by atoms with Gasteiger partial charge in [-0.2, -0.15) is 0 Å². The molecule has 3 saturated carbocycles. The van der Waals surface area contributed by atoms with Gasteiger partial charge >= 0.3 is 0 Å². The summed E-state index contributed by atoms with van der Waals surface area (Å²) >= 11 is 0. The van der Waals surface area contributed by atoms with E-state index in [1.165, 1.54) is 47.8 Å². The predicted octanol–water partition coefficient (Wildman–Crippen LogP) is 5.26. The van der Waals surface area contributed by atoms with Crippen LogP contribution in [0.4, 0.5) is 4.39 Å². The molecule has 0 amide bonds. The summed E-state index contributed by atoms with van der Waals surface area (Å²) in [7, 11) is 0. The molecule has 0 spiro atoms. The molecular weight excluding hydrogens is 439 g/mol. The van der Waals surface area contributed by atoms with Crippen molar-refractivity contribution in [3.63, 3.8) is 0 Å². The van der Waals surface area contributed by atoms with Gasteiger partial charge in [-0.25, -0.2) is 0 Å². The van der Waals surface area contributed by atoms with Gasteiger partial charge in [-0.3, -0.25) is 19.2 Å². The van der Waals surface area contributed by atoms with Crippen LogP contribution in [0.15, 0.2) is 42.6 Å². The van der Waals surface area contributed by atoms with Gasteiger partial charge in [-0.1, -0.05) is 18.2 Å². The summed E-state index contributed by atoms with van der Waals surface area (Å²) < 4.78 is 18.6. The first-order chi connectivity index (χ1) is 17.1. The Hall–Kier alpha value is -2.44. The Morgan fingerprint density at radius 1 is 1.17 bits per heavy atom. The molecule has 184 valence electrons. The van der Waals surface area contributed by atoms with Crippen molar-refractivity contribution < 1.29 is 9.13 Å². The molecule has 4 heterocycles. The van der Waals surface area contributed by atoms with Crippen molar-refractivity contribution in [1.82, 2.24) is 19.8 Å². The predicted molar refractivity (Wildman–Crippen MR) is 136 cm³/mol. The van der Waals surface area contributed by atoms with E-state index in [1.54, 1.807) is 0 Å². The molecule has 0 radical (unpaired) electrons. The molecule has 2 bridgehead atoms. The van der Waals surface area contributed by atoms with Crippen molar-refractivity contribution in [3.05, 3.63) is 59.5 Å². The number of nitrogens with zero attached hydrogens (tertiary/aromatic N) is 3. The van der Waals surface area contributed by atoms with E-state index in [0.717, 1.165) is 43.4 Å². The smallest absolute Gasteiger partial charge is 0.138 e. The lowest BCUT2D eigenvalue weighted by atomic mass is 9.72. The van der Waals surface area contributed by atoms with E-state index < -0.39 is 0 Å². The average molecular weight is 475 g/mol. The summed E-state index contributed by atoms with van der Waals surface area (Å²) in [5, 5.41) is 1.36. The third kappa shape index (κ3) is 3.52. The molecule has 35 heavy (non-hydrogen) atoms. The number of alkyl halides is 1. The van der Waals surface area contributed by atoms with Crippen LogP contribution < -0.4 is 4.74 Å². The number of ether oxygens (including phenoxy) is 1. The minimum absolute atomic E-state index is 0.147. The number of hydrogen-bond acceptors (Lipinski definition) is 4. The van der Waals surface area contributed by atoms with Gasteiger partial charge in [0.05, 0.1) is 24.6 Å². The molecule has 5 nitrogen and oxygen atoms in total. The lowest BCUT2D eigenvalue weighted by molar-refractivity contribution is -0.0350. The number of benzene rings is 1. The topological polar surface area (TPSA) is 44.4 Å². The lowest BCUT2D eigenvalue weighted by Gasteiger charge is -2.55. The normalized spacial score (nSPS) is 30.7. The molecule has 3 aromatic rings. The van der Waals surface area contributed by atoms with E-state index in [0.29, 0.717) is 18.0 Å². The number of hydrogen-bond donors (Lipinski definition) is 1.